The molecule has 0 saturated heterocycles. The first-order valence-corrected chi connectivity index (χ1v) is 9.64. The maximum atomic E-state index is 11.4. The van der Waals surface area contributed by atoms with Gasteiger partial charge in [0.1, 0.15) is 6.61 Å². The molecule has 0 rings (SSSR count). The van der Waals surface area contributed by atoms with Crippen molar-refractivity contribution < 1.29 is 47.6 Å². The van der Waals surface area contributed by atoms with Gasteiger partial charge in [-0.2, -0.15) is 0 Å². The van der Waals surface area contributed by atoms with Gasteiger partial charge in [-0.25, -0.2) is 0 Å². The van der Waals surface area contributed by atoms with Gasteiger partial charge in [-0.15, -0.1) is 0 Å². The van der Waals surface area contributed by atoms with Crippen LogP contribution in [0.2, 0.25) is 0 Å². The highest BCUT2D eigenvalue weighted by Gasteiger charge is 2.28. The van der Waals surface area contributed by atoms with Crippen LogP contribution in [0.3, 0.4) is 0 Å². The predicted octanol–water partition coefficient (Wildman–Crippen LogP) is 1.59. The number of esters is 4. The standard InChI is InChI=1S/2C10H18O5/c1-7(9(11)14-4)8(2)10(12)15-6-5-13-3;1-5-14-6-15-10(12)8(3)7(2)9(11)13-4/h2*7-8H,5-6H2,1-4H3. The van der Waals surface area contributed by atoms with Crippen molar-refractivity contribution in [1.29, 1.82) is 0 Å². The molecule has 0 aromatic rings. The van der Waals surface area contributed by atoms with E-state index < -0.39 is 47.5 Å². The van der Waals surface area contributed by atoms with E-state index in [9.17, 15) is 19.2 Å². The van der Waals surface area contributed by atoms with Gasteiger partial charge in [0, 0.05) is 13.7 Å². The van der Waals surface area contributed by atoms with E-state index in [1.165, 1.54) is 21.3 Å². The van der Waals surface area contributed by atoms with E-state index in [2.05, 4.69) is 9.47 Å². The van der Waals surface area contributed by atoms with E-state index in [0.717, 1.165) is 0 Å². The third-order valence-electron chi connectivity index (χ3n) is 4.41. The highest BCUT2D eigenvalue weighted by atomic mass is 16.7. The van der Waals surface area contributed by atoms with Gasteiger partial charge in [0.25, 0.3) is 0 Å². The molecule has 0 aliphatic carbocycles. The first kappa shape index (κ1) is 30.0. The molecule has 4 unspecified atom stereocenters. The van der Waals surface area contributed by atoms with Gasteiger partial charge in [-0.3, -0.25) is 19.2 Å². The molecule has 0 fully saturated rings. The molecule has 0 heterocycles. The Labute approximate surface area is 178 Å². The molecule has 0 aliphatic rings. The summed E-state index contributed by atoms with van der Waals surface area (Å²) in [5.74, 6) is -3.74. The lowest BCUT2D eigenvalue weighted by atomic mass is 9.96. The fourth-order valence-electron chi connectivity index (χ4n) is 1.86. The van der Waals surface area contributed by atoms with Gasteiger partial charge in [0.15, 0.2) is 6.79 Å². The highest BCUT2D eigenvalue weighted by Crippen LogP contribution is 2.15. The normalized spacial score (nSPS) is 14.1. The molecule has 0 aromatic carbocycles. The number of carbonyl (C=O) groups is 4. The van der Waals surface area contributed by atoms with E-state index in [1.54, 1.807) is 34.6 Å². The molecule has 10 nitrogen and oxygen atoms in total. The third-order valence-corrected chi connectivity index (χ3v) is 4.41. The number of carbonyl (C=O) groups excluding carboxylic acids is 4. The number of hydrogen-bond donors (Lipinski definition) is 0. The topological polar surface area (TPSA) is 124 Å². The lowest BCUT2D eigenvalue weighted by molar-refractivity contribution is -0.166. The Bertz CT molecular complexity index is 474. The lowest BCUT2D eigenvalue weighted by Gasteiger charge is -2.16. The molecule has 0 spiro atoms. The average molecular weight is 436 g/mol. The van der Waals surface area contributed by atoms with E-state index in [4.69, 9.17) is 18.9 Å². The van der Waals surface area contributed by atoms with Crippen LogP contribution in [-0.4, -0.2) is 71.8 Å². The molecule has 0 amide bonds. The molecule has 176 valence electrons. The van der Waals surface area contributed by atoms with Crippen molar-refractivity contribution in [3.8, 4) is 0 Å². The maximum absolute atomic E-state index is 11.4. The molecule has 0 radical (unpaired) electrons. The zero-order valence-electron chi connectivity index (χ0n) is 19.2. The molecule has 0 N–H and O–H groups in total. The van der Waals surface area contributed by atoms with Crippen molar-refractivity contribution in [2.45, 2.75) is 34.6 Å². The van der Waals surface area contributed by atoms with E-state index in [0.29, 0.717) is 13.2 Å². The number of methoxy groups -OCH3 is 3. The summed E-state index contributed by atoms with van der Waals surface area (Å²) in [4.78, 5) is 45.0. The van der Waals surface area contributed by atoms with Crippen LogP contribution < -0.4 is 0 Å². The van der Waals surface area contributed by atoms with Crippen LogP contribution in [0.4, 0.5) is 0 Å². The monoisotopic (exact) mass is 436 g/mol. The maximum Gasteiger partial charge on any atom is 0.311 e. The van der Waals surface area contributed by atoms with Gasteiger partial charge >= 0.3 is 23.9 Å². The van der Waals surface area contributed by atoms with Gasteiger partial charge in [-0.05, 0) is 6.92 Å². The second kappa shape index (κ2) is 17.6. The Kier molecular flexibility index (Phi) is 17.6. The fourth-order valence-corrected chi connectivity index (χ4v) is 1.86. The average Bonchev–Trinajstić information content (AvgIpc) is 2.76. The van der Waals surface area contributed by atoms with Crippen LogP contribution >= 0.6 is 0 Å². The van der Waals surface area contributed by atoms with Gasteiger partial charge in [0.05, 0.1) is 44.5 Å². The molecule has 30 heavy (non-hydrogen) atoms. The predicted molar refractivity (Wildman–Crippen MR) is 106 cm³/mol. The zero-order chi connectivity index (χ0) is 23.7. The lowest BCUT2D eigenvalue weighted by Crippen LogP contribution is -2.28. The summed E-state index contributed by atoms with van der Waals surface area (Å²) in [5, 5.41) is 0. The Morgan fingerprint density at radius 2 is 1.03 bits per heavy atom. The van der Waals surface area contributed by atoms with Crippen molar-refractivity contribution in [2.24, 2.45) is 23.7 Å². The van der Waals surface area contributed by atoms with Gasteiger partial charge in [-0.1, -0.05) is 27.7 Å². The SMILES string of the molecule is CCOCOC(=O)C(C)C(C)C(=O)OC.COCCOC(=O)C(C)C(C)C(=O)OC. The molecule has 4 atom stereocenters. The van der Waals surface area contributed by atoms with Crippen LogP contribution in [0.1, 0.15) is 34.6 Å². The summed E-state index contributed by atoms with van der Waals surface area (Å²) in [7, 11) is 4.10. The zero-order valence-corrected chi connectivity index (χ0v) is 19.2. The Hall–Kier alpha value is -2.20. The summed E-state index contributed by atoms with van der Waals surface area (Å²) in [5.41, 5.74) is 0. The van der Waals surface area contributed by atoms with Gasteiger partial charge in [0.2, 0.25) is 0 Å². The third kappa shape index (κ3) is 12.4. The Morgan fingerprint density at radius 1 is 0.633 bits per heavy atom. The molecule has 0 aromatic heterocycles. The second-order valence-corrected chi connectivity index (χ2v) is 6.44. The van der Waals surface area contributed by atoms with Gasteiger partial charge < -0.3 is 28.4 Å². The smallest absolute Gasteiger partial charge is 0.311 e. The van der Waals surface area contributed by atoms with Crippen LogP contribution in [0.5, 0.6) is 0 Å². The number of rotatable bonds is 12. The fraction of sp³-hybridized carbons (Fsp3) is 0.800. The summed E-state index contributed by atoms with van der Waals surface area (Å²) in [6.45, 7) is 9.27. The summed E-state index contributed by atoms with van der Waals surface area (Å²) < 4.78 is 28.3. The molecule has 10 heteroatoms. The van der Waals surface area contributed by atoms with Crippen molar-refractivity contribution in [1.82, 2.24) is 0 Å². The van der Waals surface area contributed by atoms with E-state index in [1.807, 2.05) is 0 Å². The van der Waals surface area contributed by atoms with E-state index in [-0.39, 0.29) is 13.4 Å². The first-order chi connectivity index (χ1) is 14.1. The molecular formula is C20H36O10. The first-order valence-electron chi connectivity index (χ1n) is 9.64. The van der Waals surface area contributed by atoms with Crippen LogP contribution in [0.15, 0.2) is 0 Å². The van der Waals surface area contributed by atoms with Crippen molar-refractivity contribution in [2.75, 3.05) is 47.9 Å². The minimum absolute atomic E-state index is 0.0758. The van der Waals surface area contributed by atoms with Crippen LogP contribution in [0, 0.1) is 23.7 Å². The number of ether oxygens (including phenoxy) is 6. The number of hydrogen-bond acceptors (Lipinski definition) is 10. The van der Waals surface area contributed by atoms with Crippen LogP contribution in [-0.2, 0) is 47.6 Å². The summed E-state index contributed by atoms with van der Waals surface area (Å²) in [6, 6.07) is 0. The quantitative estimate of drug-likeness (QED) is 0.193. The highest BCUT2D eigenvalue weighted by molar-refractivity contribution is 5.82. The van der Waals surface area contributed by atoms with Crippen molar-refractivity contribution in [3.05, 3.63) is 0 Å². The Morgan fingerprint density at radius 3 is 1.40 bits per heavy atom. The molecular weight excluding hydrogens is 400 g/mol. The van der Waals surface area contributed by atoms with Crippen molar-refractivity contribution in [3.63, 3.8) is 0 Å². The molecule has 0 saturated carbocycles. The Balaban J connectivity index is 0. The van der Waals surface area contributed by atoms with E-state index >= 15 is 0 Å². The van der Waals surface area contributed by atoms with Crippen LogP contribution in [0.25, 0.3) is 0 Å². The largest absolute Gasteiger partial charge is 0.469 e. The molecule has 0 aliphatic heterocycles. The summed E-state index contributed by atoms with van der Waals surface area (Å²) in [6.07, 6.45) is 0. The summed E-state index contributed by atoms with van der Waals surface area (Å²) >= 11 is 0. The minimum Gasteiger partial charge on any atom is -0.469 e. The minimum atomic E-state index is -0.530. The second-order valence-electron chi connectivity index (χ2n) is 6.44. The molecule has 0 bridgehead atoms. The van der Waals surface area contributed by atoms with Crippen molar-refractivity contribution >= 4 is 23.9 Å².